The normalized spacial score (nSPS) is 15.5. The fourth-order valence-electron chi connectivity index (χ4n) is 3.94. The van der Waals surface area contributed by atoms with Crippen molar-refractivity contribution in [2.24, 2.45) is 4.99 Å². The summed E-state index contributed by atoms with van der Waals surface area (Å²) in [7, 11) is 3.04. The zero-order valence-electron chi connectivity index (χ0n) is 19.2. The Balaban J connectivity index is 2.01. The van der Waals surface area contributed by atoms with Crippen molar-refractivity contribution in [3.8, 4) is 17.2 Å². The second kappa shape index (κ2) is 9.56. The molecule has 34 heavy (non-hydrogen) atoms. The van der Waals surface area contributed by atoms with E-state index in [0.29, 0.717) is 32.1 Å². The van der Waals surface area contributed by atoms with Gasteiger partial charge in [-0.1, -0.05) is 35.6 Å². The van der Waals surface area contributed by atoms with E-state index in [0.717, 1.165) is 5.56 Å². The van der Waals surface area contributed by atoms with Crippen LogP contribution in [0.2, 0.25) is 0 Å². The lowest BCUT2D eigenvalue weighted by Gasteiger charge is -2.26. The smallest absolute Gasteiger partial charge is 0.338 e. The summed E-state index contributed by atoms with van der Waals surface area (Å²) >= 11 is 1.22. The Hall–Kier alpha value is -3.85. The molecule has 1 aliphatic rings. The molecule has 1 aromatic heterocycles. The van der Waals surface area contributed by atoms with Gasteiger partial charge in [-0.15, -0.1) is 0 Å². The van der Waals surface area contributed by atoms with Gasteiger partial charge in [-0.2, -0.15) is 0 Å². The molecule has 2 aromatic carbocycles. The highest BCUT2D eigenvalue weighted by atomic mass is 32.1. The van der Waals surface area contributed by atoms with Gasteiger partial charge in [-0.3, -0.25) is 9.36 Å². The van der Waals surface area contributed by atoms with Crippen LogP contribution in [0.3, 0.4) is 0 Å². The maximum absolute atomic E-state index is 13.6. The summed E-state index contributed by atoms with van der Waals surface area (Å²) in [6, 6.07) is 11.0. The first kappa shape index (κ1) is 23.3. The summed E-state index contributed by atoms with van der Waals surface area (Å²) in [5, 5.41) is 9.55. The summed E-state index contributed by atoms with van der Waals surface area (Å²) in [5.41, 5.74) is 1.75. The van der Waals surface area contributed by atoms with Gasteiger partial charge in [0.2, 0.25) is 0 Å². The van der Waals surface area contributed by atoms with E-state index in [2.05, 4.69) is 4.99 Å². The maximum atomic E-state index is 13.6. The van der Waals surface area contributed by atoms with Gasteiger partial charge < -0.3 is 19.3 Å². The average molecular weight is 481 g/mol. The fourth-order valence-corrected chi connectivity index (χ4v) is 4.98. The molecule has 0 bridgehead atoms. The number of benzene rings is 2. The molecule has 0 saturated heterocycles. The molecule has 0 spiro atoms. The largest absolute Gasteiger partial charge is 0.508 e. The Morgan fingerprint density at radius 2 is 1.91 bits per heavy atom. The van der Waals surface area contributed by atoms with Crippen LogP contribution in [0.1, 0.15) is 31.0 Å². The molecule has 0 fully saturated rings. The summed E-state index contributed by atoms with van der Waals surface area (Å²) < 4.78 is 18.4. The lowest BCUT2D eigenvalue weighted by molar-refractivity contribution is -0.139. The number of rotatable bonds is 6. The summed E-state index contributed by atoms with van der Waals surface area (Å²) in [6.45, 7) is 3.63. The van der Waals surface area contributed by atoms with Gasteiger partial charge in [-0.05, 0) is 43.7 Å². The van der Waals surface area contributed by atoms with E-state index in [1.54, 1.807) is 62.4 Å². The molecule has 8 nitrogen and oxygen atoms in total. The third-order valence-corrected chi connectivity index (χ3v) is 6.42. The third-order valence-electron chi connectivity index (χ3n) is 5.44. The minimum Gasteiger partial charge on any atom is -0.508 e. The molecule has 1 atom stereocenters. The number of thiazole rings is 1. The topological polar surface area (TPSA) is 99.4 Å². The van der Waals surface area contributed by atoms with Crippen molar-refractivity contribution in [1.82, 2.24) is 4.57 Å². The predicted octanol–water partition coefficient (Wildman–Crippen LogP) is 2.52. The number of phenolic OH excluding ortho intramolecular Hbond substituents is 1. The Kier molecular flexibility index (Phi) is 6.56. The number of ether oxygens (including phenoxy) is 3. The molecule has 176 valence electrons. The van der Waals surface area contributed by atoms with Crippen LogP contribution in [-0.4, -0.2) is 36.5 Å². The molecule has 2 heterocycles. The van der Waals surface area contributed by atoms with E-state index in [9.17, 15) is 14.7 Å². The highest BCUT2D eigenvalue weighted by Gasteiger charge is 2.35. The molecular weight excluding hydrogens is 456 g/mol. The van der Waals surface area contributed by atoms with Crippen molar-refractivity contribution in [2.75, 3.05) is 20.8 Å². The first-order valence-electron chi connectivity index (χ1n) is 10.6. The summed E-state index contributed by atoms with van der Waals surface area (Å²) in [6.07, 6.45) is 1.73. The highest BCUT2D eigenvalue weighted by molar-refractivity contribution is 7.07. The van der Waals surface area contributed by atoms with Gasteiger partial charge in [0.05, 0.1) is 36.6 Å². The van der Waals surface area contributed by atoms with E-state index in [-0.39, 0.29) is 23.5 Å². The number of esters is 1. The van der Waals surface area contributed by atoms with Crippen LogP contribution in [-0.2, 0) is 9.53 Å². The van der Waals surface area contributed by atoms with Crippen LogP contribution in [0.4, 0.5) is 0 Å². The first-order valence-corrected chi connectivity index (χ1v) is 11.4. The van der Waals surface area contributed by atoms with Crippen LogP contribution < -0.4 is 24.4 Å². The van der Waals surface area contributed by atoms with E-state index in [1.165, 1.54) is 30.1 Å². The number of allylic oxidation sites excluding steroid dienone is 1. The number of aromatic hydroxyl groups is 1. The maximum Gasteiger partial charge on any atom is 0.338 e. The van der Waals surface area contributed by atoms with Crippen LogP contribution in [0.25, 0.3) is 6.08 Å². The molecule has 0 aliphatic carbocycles. The fraction of sp³-hybridized carbons (Fsp3) is 0.240. The molecule has 0 saturated carbocycles. The number of nitrogens with zero attached hydrogens (tertiary/aromatic N) is 2. The van der Waals surface area contributed by atoms with Crippen LogP contribution >= 0.6 is 11.3 Å². The minimum atomic E-state index is -0.817. The molecule has 4 rings (SSSR count). The second-order valence-electron chi connectivity index (χ2n) is 7.48. The predicted molar refractivity (Wildman–Crippen MR) is 128 cm³/mol. The van der Waals surface area contributed by atoms with Crippen LogP contribution in [0, 0.1) is 0 Å². The Labute approximate surface area is 199 Å². The van der Waals surface area contributed by atoms with Gasteiger partial charge in [0, 0.05) is 5.56 Å². The van der Waals surface area contributed by atoms with E-state index in [4.69, 9.17) is 14.2 Å². The van der Waals surface area contributed by atoms with Gasteiger partial charge in [0.25, 0.3) is 5.56 Å². The van der Waals surface area contributed by atoms with Gasteiger partial charge >= 0.3 is 5.97 Å². The second-order valence-corrected chi connectivity index (χ2v) is 8.49. The SMILES string of the molecule is CCOC(=O)C1=C(C)N=c2sc(=Cc3ccc(O)cc3)c(=O)n2C1c1cccc(OC)c1OC. The molecule has 3 aromatic rings. The van der Waals surface area contributed by atoms with Crippen LogP contribution in [0.5, 0.6) is 17.2 Å². The van der Waals surface area contributed by atoms with Crippen molar-refractivity contribution in [3.05, 3.63) is 84.5 Å². The molecule has 0 radical (unpaired) electrons. The number of para-hydroxylation sites is 1. The first-order chi connectivity index (χ1) is 16.4. The number of fused-ring (bicyclic) bond motifs is 1. The summed E-state index contributed by atoms with van der Waals surface area (Å²) in [5.74, 6) is 0.480. The zero-order chi connectivity index (χ0) is 24.4. The van der Waals surface area contributed by atoms with Crippen LogP contribution in [0.15, 0.2) is 63.5 Å². The lowest BCUT2D eigenvalue weighted by atomic mass is 9.94. The molecule has 1 aliphatic heterocycles. The van der Waals surface area contributed by atoms with Crippen molar-refractivity contribution >= 4 is 23.4 Å². The molecule has 0 amide bonds. The minimum absolute atomic E-state index is 0.137. The van der Waals surface area contributed by atoms with E-state index in [1.807, 2.05) is 0 Å². The lowest BCUT2D eigenvalue weighted by Crippen LogP contribution is -2.40. The number of methoxy groups -OCH3 is 2. The van der Waals surface area contributed by atoms with E-state index < -0.39 is 12.0 Å². The zero-order valence-corrected chi connectivity index (χ0v) is 20.0. The summed E-state index contributed by atoms with van der Waals surface area (Å²) in [4.78, 5) is 31.7. The van der Waals surface area contributed by atoms with Gasteiger partial charge in [-0.25, -0.2) is 9.79 Å². The van der Waals surface area contributed by atoms with Crippen molar-refractivity contribution in [1.29, 1.82) is 0 Å². The average Bonchev–Trinajstić information content (AvgIpc) is 3.13. The molecule has 9 heteroatoms. The third kappa shape index (κ3) is 4.10. The Morgan fingerprint density at radius 1 is 1.18 bits per heavy atom. The molecule has 1 N–H and O–H groups in total. The number of carbonyl (C=O) groups excluding carboxylic acids is 1. The van der Waals surface area contributed by atoms with E-state index >= 15 is 0 Å². The number of hydrogen-bond acceptors (Lipinski definition) is 8. The van der Waals surface area contributed by atoms with Crippen molar-refractivity contribution in [3.63, 3.8) is 0 Å². The number of hydrogen-bond donors (Lipinski definition) is 1. The molecular formula is C25H24N2O6S. The number of aromatic nitrogens is 1. The van der Waals surface area contributed by atoms with Crippen molar-refractivity contribution in [2.45, 2.75) is 19.9 Å². The Morgan fingerprint density at radius 3 is 2.56 bits per heavy atom. The number of phenols is 1. The monoisotopic (exact) mass is 480 g/mol. The van der Waals surface area contributed by atoms with Gasteiger partial charge in [0.15, 0.2) is 16.3 Å². The Bertz CT molecular complexity index is 1450. The quantitative estimate of drug-likeness (QED) is 0.545. The standard InChI is InChI=1S/C25H24N2O6S/c1-5-33-24(30)20-14(2)26-25-27(21(20)17-7-6-8-18(31-3)22(17)32-4)23(29)19(34-25)13-15-9-11-16(28)12-10-15/h6-13,21,28H,5H2,1-4H3. The highest BCUT2D eigenvalue weighted by Crippen LogP contribution is 2.40. The molecule has 1 unspecified atom stereocenters. The van der Waals surface area contributed by atoms with Gasteiger partial charge in [0.1, 0.15) is 11.8 Å². The number of carbonyl (C=O) groups is 1. The van der Waals surface area contributed by atoms with Crippen molar-refractivity contribution < 1.29 is 24.1 Å².